The van der Waals surface area contributed by atoms with Crippen molar-refractivity contribution in [3.63, 3.8) is 0 Å². The molecular weight excluding hydrogens is 328 g/mol. The van der Waals surface area contributed by atoms with Crippen LogP contribution >= 0.6 is 0 Å². The van der Waals surface area contributed by atoms with Crippen LogP contribution in [0.4, 0.5) is 0 Å². The zero-order valence-electron chi connectivity index (χ0n) is 16.1. The fraction of sp³-hybridized carbons (Fsp3) is 0.400. The van der Waals surface area contributed by atoms with Crippen LogP contribution in [0.1, 0.15) is 59.3 Å². The highest BCUT2D eigenvalue weighted by Crippen LogP contribution is 2.27. The standard InChI is InChI=1S/C20H24N4O2/c1-12-9-15(20(4,5)6)10-13(2)16(12)11-26-18(25)17-22-19-21-8-7-14(3)24(19)23-17/h7-10H,11H2,1-6H3. The Bertz CT molecular complexity index is 960. The van der Waals surface area contributed by atoms with Gasteiger partial charge in [-0.2, -0.15) is 4.98 Å². The lowest BCUT2D eigenvalue weighted by Gasteiger charge is -2.22. The Kier molecular flexibility index (Phi) is 4.52. The van der Waals surface area contributed by atoms with Crippen LogP contribution in [0.3, 0.4) is 0 Å². The second kappa shape index (κ2) is 6.52. The maximum atomic E-state index is 12.4. The van der Waals surface area contributed by atoms with E-state index in [0.717, 1.165) is 22.4 Å². The number of ether oxygens (including phenoxy) is 1. The number of aromatic nitrogens is 4. The van der Waals surface area contributed by atoms with Gasteiger partial charge in [-0.25, -0.2) is 14.3 Å². The Balaban J connectivity index is 1.80. The van der Waals surface area contributed by atoms with Crippen LogP contribution in [-0.2, 0) is 16.8 Å². The molecule has 0 spiro atoms. The van der Waals surface area contributed by atoms with E-state index in [1.165, 1.54) is 10.1 Å². The zero-order valence-corrected chi connectivity index (χ0v) is 16.1. The van der Waals surface area contributed by atoms with Gasteiger partial charge in [0.15, 0.2) is 0 Å². The third-order valence-corrected chi connectivity index (χ3v) is 4.52. The highest BCUT2D eigenvalue weighted by molar-refractivity contribution is 5.85. The average Bonchev–Trinajstić information content (AvgIpc) is 2.98. The van der Waals surface area contributed by atoms with Crippen molar-refractivity contribution in [2.75, 3.05) is 0 Å². The van der Waals surface area contributed by atoms with Gasteiger partial charge in [-0.05, 0) is 54.5 Å². The molecule has 0 unspecified atom stereocenters. The van der Waals surface area contributed by atoms with Crippen molar-refractivity contribution >= 4 is 11.7 Å². The van der Waals surface area contributed by atoms with Crippen molar-refractivity contribution < 1.29 is 9.53 Å². The van der Waals surface area contributed by atoms with Gasteiger partial charge in [0.2, 0.25) is 0 Å². The van der Waals surface area contributed by atoms with E-state index < -0.39 is 5.97 Å². The first-order valence-electron chi connectivity index (χ1n) is 8.63. The SMILES string of the molecule is Cc1cc(C(C)(C)C)cc(C)c1COC(=O)c1nc2nccc(C)n2n1. The Morgan fingerprint density at radius 3 is 2.38 bits per heavy atom. The average molecular weight is 352 g/mol. The summed E-state index contributed by atoms with van der Waals surface area (Å²) >= 11 is 0. The molecule has 0 aliphatic heterocycles. The fourth-order valence-electron chi connectivity index (χ4n) is 2.85. The van der Waals surface area contributed by atoms with Gasteiger partial charge in [-0.3, -0.25) is 0 Å². The van der Waals surface area contributed by atoms with Gasteiger partial charge in [-0.1, -0.05) is 32.9 Å². The lowest BCUT2D eigenvalue weighted by Crippen LogP contribution is -2.14. The first kappa shape index (κ1) is 18.0. The Hall–Kier alpha value is -2.76. The molecule has 0 fully saturated rings. The lowest BCUT2D eigenvalue weighted by atomic mass is 9.84. The lowest BCUT2D eigenvalue weighted by molar-refractivity contribution is 0.0457. The minimum absolute atomic E-state index is 0.0217. The van der Waals surface area contributed by atoms with E-state index in [0.29, 0.717) is 5.78 Å². The van der Waals surface area contributed by atoms with Crippen LogP contribution in [0.25, 0.3) is 5.78 Å². The predicted molar refractivity (Wildman–Crippen MR) is 99.3 cm³/mol. The van der Waals surface area contributed by atoms with Crippen LogP contribution in [0.2, 0.25) is 0 Å². The van der Waals surface area contributed by atoms with Crippen LogP contribution in [0.5, 0.6) is 0 Å². The van der Waals surface area contributed by atoms with Gasteiger partial charge in [-0.15, -0.1) is 5.10 Å². The first-order valence-corrected chi connectivity index (χ1v) is 8.63. The zero-order chi connectivity index (χ0) is 19.1. The monoisotopic (exact) mass is 352 g/mol. The van der Waals surface area contributed by atoms with E-state index in [2.05, 4.69) is 48.0 Å². The van der Waals surface area contributed by atoms with Crippen molar-refractivity contribution in [2.24, 2.45) is 0 Å². The molecule has 6 nitrogen and oxygen atoms in total. The van der Waals surface area contributed by atoms with Gasteiger partial charge in [0, 0.05) is 11.9 Å². The number of carbonyl (C=O) groups is 1. The molecule has 0 aliphatic rings. The number of rotatable bonds is 3. The largest absolute Gasteiger partial charge is 0.455 e. The molecule has 2 heterocycles. The summed E-state index contributed by atoms with van der Waals surface area (Å²) in [6.07, 6.45) is 1.64. The van der Waals surface area contributed by atoms with Crippen molar-refractivity contribution in [1.29, 1.82) is 0 Å². The summed E-state index contributed by atoms with van der Waals surface area (Å²) in [6.45, 7) is 12.7. The molecule has 26 heavy (non-hydrogen) atoms. The quantitative estimate of drug-likeness (QED) is 0.672. The molecule has 0 saturated carbocycles. The number of esters is 1. The summed E-state index contributed by atoms with van der Waals surface area (Å²) in [5.74, 6) is -0.138. The minimum atomic E-state index is -0.548. The fourth-order valence-corrected chi connectivity index (χ4v) is 2.85. The van der Waals surface area contributed by atoms with Crippen LogP contribution in [0, 0.1) is 20.8 Å². The summed E-state index contributed by atoms with van der Waals surface area (Å²) in [5.41, 5.74) is 5.45. The van der Waals surface area contributed by atoms with E-state index in [9.17, 15) is 4.79 Å². The molecule has 0 radical (unpaired) electrons. The molecule has 0 amide bonds. The highest BCUT2D eigenvalue weighted by Gasteiger charge is 2.19. The van der Waals surface area contributed by atoms with Gasteiger partial charge >= 0.3 is 5.97 Å². The van der Waals surface area contributed by atoms with Gasteiger partial charge in [0.25, 0.3) is 11.6 Å². The van der Waals surface area contributed by atoms with Crippen LogP contribution in [-0.4, -0.2) is 25.6 Å². The van der Waals surface area contributed by atoms with Gasteiger partial charge in [0.1, 0.15) is 6.61 Å². The molecule has 2 aromatic heterocycles. The maximum Gasteiger partial charge on any atom is 0.378 e. The number of hydrogen-bond acceptors (Lipinski definition) is 5. The molecule has 0 atom stereocenters. The van der Waals surface area contributed by atoms with E-state index in [1.54, 1.807) is 12.3 Å². The summed E-state index contributed by atoms with van der Waals surface area (Å²) < 4.78 is 7.00. The summed E-state index contributed by atoms with van der Waals surface area (Å²) in [5, 5.41) is 4.18. The molecule has 0 bridgehead atoms. The third-order valence-electron chi connectivity index (χ3n) is 4.52. The highest BCUT2D eigenvalue weighted by atomic mass is 16.5. The summed E-state index contributed by atoms with van der Waals surface area (Å²) in [4.78, 5) is 20.6. The Labute approximate surface area is 153 Å². The van der Waals surface area contributed by atoms with Crippen LogP contribution in [0.15, 0.2) is 24.4 Å². The number of fused-ring (bicyclic) bond motifs is 1. The Morgan fingerprint density at radius 1 is 1.15 bits per heavy atom. The molecule has 3 aromatic rings. The molecule has 3 rings (SSSR count). The maximum absolute atomic E-state index is 12.4. The minimum Gasteiger partial charge on any atom is -0.455 e. The Morgan fingerprint density at radius 2 is 1.81 bits per heavy atom. The normalized spacial score (nSPS) is 11.8. The predicted octanol–water partition coefficient (Wildman–Crippen LogP) is 3.70. The number of carbonyl (C=O) groups excluding carboxylic acids is 1. The van der Waals surface area contributed by atoms with E-state index >= 15 is 0 Å². The molecule has 0 N–H and O–H groups in total. The smallest absolute Gasteiger partial charge is 0.378 e. The van der Waals surface area contributed by atoms with Crippen molar-refractivity contribution in [2.45, 2.75) is 53.6 Å². The molecule has 1 aromatic carbocycles. The van der Waals surface area contributed by atoms with E-state index in [4.69, 9.17) is 4.74 Å². The van der Waals surface area contributed by atoms with E-state index in [-0.39, 0.29) is 17.8 Å². The van der Waals surface area contributed by atoms with E-state index in [1.807, 2.05) is 20.8 Å². The molecule has 0 aliphatic carbocycles. The number of aryl methyl sites for hydroxylation is 3. The first-order chi connectivity index (χ1) is 12.2. The van der Waals surface area contributed by atoms with Crippen molar-refractivity contribution in [3.05, 3.63) is 58.2 Å². The molecule has 136 valence electrons. The number of benzene rings is 1. The van der Waals surface area contributed by atoms with Gasteiger partial charge < -0.3 is 4.74 Å². The van der Waals surface area contributed by atoms with Crippen molar-refractivity contribution in [1.82, 2.24) is 19.6 Å². The van der Waals surface area contributed by atoms with Crippen LogP contribution < -0.4 is 0 Å². The van der Waals surface area contributed by atoms with Crippen molar-refractivity contribution in [3.8, 4) is 0 Å². The second-order valence-electron chi connectivity index (χ2n) is 7.65. The molecule has 6 heteroatoms. The summed E-state index contributed by atoms with van der Waals surface area (Å²) in [6, 6.07) is 6.12. The topological polar surface area (TPSA) is 69.4 Å². The third kappa shape index (κ3) is 3.45. The summed E-state index contributed by atoms with van der Waals surface area (Å²) in [7, 11) is 0. The van der Waals surface area contributed by atoms with Gasteiger partial charge in [0.05, 0.1) is 0 Å². The number of nitrogens with zero attached hydrogens (tertiary/aromatic N) is 4. The number of hydrogen-bond donors (Lipinski definition) is 0. The molecule has 0 saturated heterocycles. The second-order valence-corrected chi connectivity index (χ2v) is 7.65. The molecular formula is C20H24N4O2.